The highest BCUT2D eigenvalue weighted by atomic mass is 19.4. The van der Waals surface area contributed by atoms with Crippen LogP contribution in [0.3, 0.4) is 0 Å². The van der Waals surface area contributed by atoms with Crippen LogP contribution in [0.15, 0.2) is 28.8 Å². The summed E-state index contributed by atoms with van der Waals surface area (Å²) in [6.45, 7) is 3.85. The summed E-state index contributed by atoms with van der Waals surface area (Å²) in [5.74, 6) is 1.13. The summed E-state index contributed by atoms with van der Waals surface area (Å²) >= 11 is 0. The van der Waals surface area contributed by atoms with Gasteiger partial charge in [-0.15, -0.1) is 0 Å². The molecule has 2 aromatic heterocycles. The summed E-state index contributed by atoms with van der Waals surface area (Å²) < 4.78 is 57.4. The zero-order valence-electron chi connectivity index (χ0n) is 18.3. The Hall–Kier alpha value is -2.81. The van der Waals surface area contributed by atoms with Crippen molar-refractivity contribution in [2.45, 2.75) is 44.8 Å². The van der Waals surface area contributed by atoms with Crippen LogP contribution in [0.4, 0.5) is 13.2 Å². The van der Waals surface area contributed by atoms with E-state index in [9.17, 15) is 13.2 Å². The first kappa shape index (κ1) is 22.4. The number of pyridine rings is 1. The van der Waals surface area contributed by atoms with Crippen molar-refractivity contribution in [3.05, 3.63) is 46.8 Å². The van der Waals surface area contributed by atoms with E-state index in [1.54, 1.807) is 21.1 Å². The SMILES string of the molecule is CCc1cc(C(F)(F)F)c2c([C@H]3CCCN(Cc4ccc(OC)c(OC)c4)C3)noc2n1. The zero-order valence-corrected chi connectivity index (χ0v) is 18.3. The lowest BCUT2D eigenvalue weighted by Gasteiger charge is -2.32. The van der Waals surface area contributed by atoms with E-state index in [1.165, 1.54) is 0 Å². The van der Waals surface area contributed by atoms with Crippen LogP contribution in [0.5, 0.6) is 11.5 Å². The predicted octanol–water partition coefficient (Wildman–Crippen LogP) is 5.20. The second-order valence-corrected chi connectivity index (χ2v) is 8.02. The van der Waals surface area contributed by atoms with Crippen molar-refractivity contribution in [1.29, 1.82) is 0 Å². The molecular formula is C23H26F3N3O3. The van der Waals surface area contributed by atoms with Crippen LogP contribution in [0.25, 0.3) is 11.1 Å². The number of ether oxygens (including phenoxy) is 2. The first-order valence-corrected chi connectivity index (χ1v) is 10.6. The number of aryl methyl sites for hydroxylation is 1. The van der Waals surface area contributed by atoms with Crippen molar-refractivity contribution in [2.24, 2.45) is 0 Å². The minimum Gasteiger partial charge on any atom is -0.493 e. The van der Waals surface area contributed by atoms with E-state index < -0.39 is 11.7 Å². The molecule has 0 amide bonds. The Morgan fingerprint density at radius 3 is 2.62 bits per heavy atom. The van der Waals surface area contributed by atoms with Gasteiger partial charge >= 0.3 is 6.18 Å². The maximum atomic E-state index is 13.8. The fourth-order valence-electron chi connectivity index (χ4n) is 4.37. The number of piperidine rings is 1. The van der Waals surface area contributed by atoms with Gasteiger partial charge in [-0.2, -0.15) is 13.2 Å². The van der Waals surface area contributed by atoms with Crippen LogP contribution in [0, 0.1) is 0 Å². The summed E-state index contributed by atoms with van der Waals surface area (Å²) in [7, 11) is 3.17. The lowest BCUT2D eigenvalue weighted by molar-refractivity contribution is -0.136. The molecule has 3 heterocycles. The van der Waals surface area contributed by atoms with Gasteiger partial charge in [0.05, 0.1) is 30.9 Å². The topological polar surface area (TPSA) is 60.6 Å². The molecule has 1 aromatic carbocycles. The molecule has 1 aliphatic heterocycles. The number of hydrogen-bond donors (Lipinski definition) is 0. The van der Waals surface area contributed by atoms with Gasteiger partial charge in [0.25, 0.3) is 5.71 Å². The van der Waals surface area contributed by atoms with Crippen molar-refractivity contribution in [3.63, 3.8) is 0 Å². The van der Waals surface area contributed by atoms with E-state index in [0.29, 0.717) is 42.4 Å². The molecule has 1 aliphatic rings. The Balaban J connectivity index is 1.61. The molecule has 0 N–H and O–H groups in total. The highest BCUT2D eigenvalue weighted by molar-refractivity contribution is 5.81. The molecule has 0 bridgehead atoms. The second kappa shape index (κ2) is 8.97. The number of aromatic nitrogens is 2. The Bertz CT molecular complexity index is 1100. The van der Waals surface area contributed by atoms with E-state index in [-0.39, 0.29) is 17.0 Å². The molecule has 32 heavy (non-hydrogen) atoms. The predicted molar refractivity (Wildman–Crippen MR) is 113 cm³/mol. The minimum atomic E-state index is -4.50. The normalized spacial score (nSPS) is 17.6. The molecule has 0 aliphatic carbocycles. The fourth-order valence-corrected chi connectivity index (χ4v) is 4.37. The third-order valence-electron chi connectivity index (χ3n) is 5.94. The molecule has 1 atom stereocenters. The largest absolute Gasteiger partial charge is 0.493 e. The smallest absolute Gasteiger partial charge is 0.417 e. The van der Waals surface area contributed by atoms with Crippen LogP contribution in [0.2, 0.25) is 0 Å². The summed E-state index contributed by atoms with van der Waals surface area (Å²) in [4.78, 5) is 6.46. The molecule has 4 rings (SSSR count). The molecule has 0 saturated carbocycles. The number of rotatable bonds is 6. The van der Waals surface area contributed by atoms with Crippen LogP contribution in [-0.2, 0) is 19.1 Å². The van der Waals surface area contributed by atoms with E-state index in [0.717, 1.165) is 31.0 Å². The second-order valence-electron chi connectivity index (χ2n) is 8.02. The van der Waals surface area contributed by atoms with Gasteiger partial charge < -0.3 is 14.0 Å². The van der Waals surface area contributed by atoms with Crippen LogP contribution >= 0.6 is 0 Å². The number of benzene rings is 1. The van der Waals surface area contributed by atoms with Gasteiger partial charge in [-0.1, -0.05) is 18.1 Å². The maximum Gasteiger partial charge on any atom is 0.417 e. The molecule has 9 heteroatoms. The molecule has 1 fully saturated rings. The molecule has 3 aromatic rings. The molecule has 1 saturated heterocycles. The highest BCUT2D eigenvalue weighted by Crippen LogP contribution is 2.40. The molecule has 0 radical (unpaired) electrons. The highest BCUT2D eigenvalue weighted by Gasteiger charge is 2.38. The molecule has 0 unspecified atom stereocenters. The quantitative estimate of drug-likeness (QED) is 0.516. The van der Waals surface area contributed by atoms with E-state index in [2.05, 4.69) is 15.0 Å². The van der Waals surface area contributed by atoms with Gasteiger partial charge in [-0.3, -0.25) is 4.90 Å². The van der Waals surface area contributed by atoms with Crippen LogP contribution in [-0.4, -0.2) is 42.3 Å². The first-order valence-electron chi connectivity index (χ1n) is 10.6. The average Bonchev–Trinajstić information content (AvgIpc) is 3.21. The van der Waals surface area contributed by atoms with E-state index in [4.69, 9.17) is 14.0 Å². The van der Waals surface area contributed by atoms with Gasteiger partial charge in [0, 0.05) is 24.7 Å². The first-order chi connectivity index (χ1) is 15.3. The number of hydrogen-bond acceptors (Lipinski definition) is 6. The maximum absolute atomic E-state index is 13.8. The molecule has 172 valence electrons. The van der Waals surface area contributed by atoms with Gasteiger partial charge in [-0.05, 0) is 49.6 Å². The van der Waals surface area contributed by atoms with Crippen LogP contribution < -0.4 is 9.47 Å². The third-order valence-corrected chi connectivity index (χ3v) is 5.94. The van der Waals surface area contributed by atoms with Crippen molar-refractivity contribution >= 4 is 11.1 Å². The number of fused-ring (bicyclic) bond motifs is 1. The van der Waals surface area contributed by atoms with Gasteiger partial charge in [-0.25, -0.2) is 4.98 Å². The van der Waals surface area contributed by atoms with Crippen molar-refractivity contribution in [1.82, 2.24) is 15.0 Å². The number of halogens is 3. The number of likely N-dealkylation sites (tertiary alicyclic amines) is 1. The molecular weight excluding hydrogens is 423 g/mol. The lowest BCUT2D eigenvalue weighted by Crippen LogP contribution is -2.34. The molecule has 6 nitrogen and oxygen atoms in total. The standard InChI is InChI=1S/C23H26F3N3O3/c1-4-16-11-17(23(24,25)26)20-21(28-32-22(20)27-16)15-6-5-9-29(13-15)12-14-7-8-18(30-2)19(10-14)31-3/h7-8,10-11,15H,4-6,9,12-13H2,1-3H3/t15-/m0/s1. The van der Waals surface area contributed by atoms with Crippen molar-refractivity contribution < 1.29 is 27.2 Å². The van der Waals surface area contributed by atoms with Crippen molar-refractivity contribution in [2.75, 3.05) is 27.3 Å². The fraction of sp³-hybridized carbons (Fsp3) is 0.478. The summed E-state index contributed by atoms with van der Waals surface area (Å²) in [5, 5.41) is 4.05. The number of methoxy groups -OCH3 is 2. The van der Waals surface area contributed by atoms with E-state index in [1.807, 2.05) is 18.2 Å². The van der Waals surface area contributed by atoms with Gasteiger partial charge in [0.15, 0.2) is 11.5 Å². The number of alkyl halides is 3. The Morgan fingerprint density at radius 2 is 1.94 bits per heavy atom. The lowest BCUT2D eigenvalue weighted by atomic mass is 9.91. The van der Waals surface area contributed by atoms with E-state index >= 15 is 0 Å². The van der Waals surface area contributed by atoms with Gasteiger partial charge in [0.1, 0.15) is 0 Å². The Labute approximate surface area is 184 Å². The van der Waals surface area contributed by atoms with Crippen molar-refractivity contribution in [3.8, 4) is 11.5 Å². The summed E-state index contributed by atoms with van der Waals surface area (Å²) in [6.07, 6.45) is -2.51. The monoisotopic (exact) mass is 449 g/mol. The molecule has 0 spiro atoms. The summed E-state index contributed by atoms with van der Waals surface area (Å²) in [5.41, 5.74) is 0.973. The third kappa shape index (κ3) is 4.39. The minimum absolute atomic E-state index is 0.00679. The Morgan fingerprint density at radius 1 is 1.16 bits per heavy atom. The number of nitrogens with zero attached hydrogens (tertiary/aromatic N) is 3. The van der Waals surface area contributed by atoms with Crippen LogP contribution in [0.1, 0.15) is 48.2 Å². The van der Waals surface area contributed by atoms with Gasteiger partial charge in [0.2, 0.25) is 0 Å². The zero-order chi connectivity index (χ0) is 22.9. The average molecular weight is 449 g/mol. The summed E-state index contributed by atoms with van der Waals surface area (Å²) in [6, 6.07) is 6.86. The Kier molecular flexibility index (Phi) is 6.28.